The second-order valence-electron chi connectivity index (χ2n) is 4.52. The van der Waals surface area contributed by atoms with Gasteiger partial charge in [-0.15, -0.1) is 0 Å². The van der Waals surface area contributed by atoms with Gasteiger partial charge in [-0.25, -0.2) is 8.42 Å². The van der Waals surface area contributed by atoms with Gasteiger partial charge in [0, 0.05) is 25.4 Å². The molecule has 1 aromatic rings. The average molecular weight is 306 g/mol. The minimum absolute atomic E-state index is 0.0364. The SMILES string of the molecule is CCN(CC1CCCO1)S(=O)(=O)c1sc(=O)[nH]c1C. The summed E-state index contributed by atoms with van der Waals surface area (Å²) in [7, 11) is -3.61. The molecule has 19 heavy (non-hydrogen) atoms. The van der Waals surface area contributed by atoms with Gasteiger partial charge in [0.1, 0.15) is 0 Å². The average Bonchev–Trinajstić information content (AvgIpc) is 2.95. The topological polar surface area (TPSA) is 79.5 Å². The predicted octanol–water partition coefficient (Wildman–Crippen LogP) is 0.934. The third-order valence-electron chi connectivity index (χ3n) is 3.14. The highest BCUT2D eigenvalue weighted by Gasteiger charge is 2.30. The summed E-state index contributed by atoms with van der Waals surface area (Å²) in [6.07, 6.45) is 1.82. The maximum Gasteiger partial charge on any atom is 0.305 e. The molecule has 0 radical (unpaired) electrons. The van der Waals surface area contributed by atoms with Gasteiger partial charge in [-0.1, -0.05) is 18.3 Å². The number of aromatic nitrogens is 1. The van der Waals surface area contributed by atoms with Gasteiger partial charge in [0.15, 0.2) is 4.21 Å². The van der Waals surface area contributed by atoms with Crippen molar-refractivity contribution in [1.29, 1.82) is 0 Å². The molecule has 1 aliphatic rings. The second-order valence-corrected chi connectivity index (χ2v) is 7.63. The van der Waals surface area contributed by atoms with E-state index in [0.717, 1.165) is 24.2 Å². The molecule has 0 aliphatic carbocycles. The first-order valence-corrected chi connectivity index (χ1v) is 8.52. The van der Waals surface area contributed by atoms with Gasteiger partial charge in [-0.2, -0.15) is 4.31 Å². The molecule has 0 amide bonds. The largest absolute Gasteiger partial charge is 0.377 e. The fourth-order valence-corrected chi connectivity index (χ4v) is 5.08. The molecule has 108 valence electrons. The third-order valence-corrected chi connectivity index (χ3v) is 6.66. The Morgan fingerprint density at radius 2 is 2.26 bits per heavy atom. The first-order chi connectivity index (χ1) is 8.95. The van der Waals surface area contributed by atoms with E-state index in [9.17, 15) is 13.2 Å². The molecule has 0 spiro atoms. The molecular formula is C11H18N2O4S2. The number of nitrogens with one attached hydrogen (secondary N) is 1. The lowest BCUT2D eigenvalue weighted by Gasteiger charge is -2.22. The van der Waals surface area contributed by atoms with Crippen molar-refractivity contribution in [3.05, 3.63) is 15.4 Å². The molecule has 1 N–H and O–H groups in total. The maximum absolute atomic E-state index is 12.5. The number of H-pyrrole nitrogens is 1. The first kappa shape index (κ1) is 14.7. The normalized spacial score (nSPS) is 20.3. The molecule has 2 rings (SSSR count). The van der Waals surface area contributed by atoms with Crippen LogP contribution in [0.15, 0.2) is 9.00 Å². The Kier molecular flexibility index (Phi) is 4.44. The van der Waals surface area contributed by atoms with Crippen LogP contribution in [0.3, 0.4) is 0 Å². The minimum atomic E-state index is -3.61. The van der Waals surface area contributed by atoms with E-state index in [2.05, 4.69) is 4.98 Å². The number of sulfonamides is 1. The quantitative estimate of drug-likeness (QED) is 0.878. The highest BCUT2D eigenvalue weighted by molar-refractivity contribution is 7.91. The number of hydrogen-bond donors (Lipinski definition) is 1. The van der Waals surface area contributed by atoms with Gasteiger partial charge in [0.2, 0.25) is 0 Å². The molecule has 2 heterocycles. The Morgan fingerprint density at radius 3 is 2.74 bits per heavy atom. The summed E-state index contributed by atoms with van der Waals surface area (Å²) in [5.41, 5.74) is 0.404. The summed E-state index contributed by atoms with van der Waals surface area (Å²) < 4.78 is 32.0. The van der Waals surface area contributed by atoms with Crippen LogP contribution in [0.5, 0.6) is 0 Å². The predicted molar refractivity (Wildman–Crippen MR) is 73.1 cm³/mol. The van der Waals surface area contributed by atoms with Crippen LogP contribution < -0.4 is 4.87 Å². The van der Waals surface area contributed by atoms with Gasteiger partial charge >= 0.3 is 4.87 Å². The van der Waals surface area contributed by atoms with Gasteiger partial charge in [-0.3, -0.25) is 4.79 Å². The number of aromatic amines is 1. The van der Waals surface area contributed by atoms with E-state index < -0.39 is 10.0 Å². The molecule has 6 nitrogen and oxygen atoms in total. The fraction of sp³-hybridized carbons (Fsp3) is 0.727. The standard InChI is InChI=1S/C11H18N2O4S2/c1-3-13(7-9-5-4-6-17-9)19(15,16)10-8(2)12-11(14)18-10/h9H,3-7H2,1-2H3,(H,12,14). The maximum atomic E-state index is 12.5. The van der Waals surface area contributed by atoms with Crippen LogP contribution in [0.2, 0.25) is 0 Å². The van der Waals surface area contributed by atoms with Crippen LogP contribution in [0.4, 0.5) is 0 Å². The van der Waals surface area contributed by atoms with Crippen LogP contribution in [-0.4, -0.2) is 43.5 Å². The van der Waals surface area contributed by atoms with E-state index in [1.165, 1.54) is 4.31 Å². The second kappa shape index (κ2) is 5.74. The number of nitrogens with zero attached hydrogens (tertiary/aromatic N) is 1. The van der Waals surface area contributed by atoms with E-state index in [4.69, 9.17) is 4.74 Å². The highest BCUT2D eigenvalue weighted by Crippen LogP contribution is 2.23. The van der Waals surface area contributed by atoms with E-state index in [0.29, 0.717) is 25.4 Å². The van der Waals surface area contributed by atoms with Crippen LogP contribution in [-0.2, 0) is 14.8 Å². The van der Waals surface area contributed by atoms with Gasteiger partial charge < -0.3 is 9.72 Å². The van der Waals surface area contributed by atoms with Crippen molar-refractivity contribution in [2.45, 2.75) is 37.0 Å². The lowest BCUT2D eigenvalue weighted by atomic mass is 10.2. The number of ether oxygens (including phenoxy) is 1. The van der Waals surface area contributed by atoms with Crippen molar-refractivity contribution in [3.63, 3.8) is 0 Å². The molecular weight excluding hydrogens is 288 g/mol. The molecule has 1 saturated heterocycles. The highest BCUT2D eigenvalue weighted by atomic mass is 32.2. The van der Waals surface area contributed by atoms with Gasteiger partial charge in [-0.05, 0) is 19.8 Å². The summed E-state index contributed by atoms with van der Waals surface area (Å²) in [6.45, 7) is 4.80. The smallest absolute Gasteiger partial charge is 0.305 e. The van der Waals surface area contributed by atoms with E-state index in [1.54, 1.807) is 13.8 Å². The monoisotopic (exact) mass is 306 g/mol. The van der Waals surface area contributed by atoms with E-state index in [-0.39, 0.29) is 15.2 Å². The Balaban J connectivity index is 2.25. The van der Waals surface area contributed by atoms with Crippen molar-refractivity contribution in [3.8, 4) is 0 Å². The molecule has 1 atom stereocenters. The number of rotatable bonds is 5. The molecule has 0 bridgehead atoms. The summed E-state index contributed by atoms with van der Waals surface area (Å²) in [4.78, 5) is 13.4. The minimum Gasteiger partial charge on any atom is -0.377 e. The number of hydrogen-bond acceptors (Lipinski definition) is 5. The van der Waals surface area contributed by atoms with E-state index in [1.807, 2.05) is 0 Å². The zero-order chi connectivity index (χ0) is 14.0. The molecule has 8 heteroatoms. The van der Waals surface area contributed by atoms with Crippen molar-refractivity contribution in [2.75, 3.05) is 19.7 Å². The summed E-state index contributed by atoms with van der Waals surface area (Å²) in [5.74, 6) is 0. The molecule has 1 aliphatic heterocycles. The van der Waals surface area contributed by atoms with Gasteiger partial charge in [0.05, 0.1) is 6.10 Å². The van der Waals surface area contributed by atoms with Crippen LogP contribution >= 0.6 is 11.3 Å². The lowest BCUT2D eigenvalue weighted by molar-refractivity contribution is 0.0947. The first-order valence-electron chi connectivity index (χ1n) is 6.26. The van der Waals surface area contributed by atoms with Crippen molar-refractivity contribution in [2.24, 2.45) is 0 Å². The van der Waals surface area contributed by atoms with Crippen molar-refractivity contribution >= 4 is 21.4 Å². The van der Waals surface area contributed by atoms with Crippen LogP contribution in [0.1, 0.15) is 25.5 Å². The Bertz CT molecular complexity index is 584. The molecule has 0 aromatic carbocycles. The lowest BCUT2D eigenvalue weighted by Crippen LogP contribution is -2.37. The summed E-state index contributed by atoms with van der Waals surface area (Å²) >= 11 is 0.741. The van der Waals surface area contributed by atoms with Crippen LogP contribution in [0.25, 0.3) is 0 Å². The number of aryl methyl sites for hydroxylation is 1. The number of thiazole rings is 1. The fourth-order valence-electron chi connectivity index (χ4n) is 2.17. The summed E-state index contributed by atoms with van der Waals surface area (Å²) in [5, 5.41) is 0. The summed E-state index contributed by atoms with van der Waals surface area (Å²) in [6, 6.07) is 0. The Morgan fingerprint density at radius 1 is 1.53 bits per heavy atom. The van der Waals surface area contributed by atoms with Gasteiger partial charge in [0.25, 0.3) is 10.0 Å². The molecule has 1 aromatic heterocycles. The third kappa shape index (κ3) is 3.07. The molecule has 0 saturated carbocycles. The molecule has 1 fully saturated rings. The Hall–Kier alpha value is -0.700. The van der Waals surface area contributed by atoms with Crippen LogP contribution in [0, 0.1) is 6.92 Å². The Labute approximate surface area is 116 Å². The molecule has 1 unspecified atom stereocenters. The zero-order valence-electron chi connectivity index (χ0n) is 11.0. The van der Waals surface area contributed by atoms with Crippen molar-refractivity contribution in [1.82, 2.24) is 9.29 Å². The number of likely N-dealkylation sites (N-methyl/N-ethyl adjacent to an activating group) is 1. The van der Waals surface area contributed by atoms with E-state index >= 15 is 0 Å². The zero-order valence-corrected chi connectivity index (χ0v) is 12.6. The van der Waals surface area contributed by atoms with Crippen molar-refractivity contribution < 1.29 is 13.2 Å².